The third-order valence-corrected chi connectivity index (χ3v) is 4.86. The molecule has 0 aliphatic rings. The van der Waals surface area contributed by atoms with E-state index in [1.807, 2.05) is 0 Å². The number of carboxylic acids is 2. The van der Waals surface area contributed by atoms with Crippen molar-refractivity contribution in [2.24, 2.45) is 5.73 Å². The van der Waals surface area contributed by atoms with Crippen molar-refractivity contribution < 1.29 is 39.3 Å². The number of hydrogen-bond acceptors (Lipinski definition) is 9. The smallest absolute Gasteiger partial charge is 0.326 e. The summed E-state index contributed by atoms with van der Waals surface area (Å²) < 4.78 is 0. The molecule has 0 saturated carbocycles. The Balaban J connectivity index is 5.20. The Morgan fingerprint density at radius 2 is 1.47 bits per heavy atom. The summed E-state index contributed by atoms with van der Waals surface area (Å²) in [6.45, 7) is -0.627. The molecular formula is C16H28N4O8S2. The predicted molar refractivity (Wildman–Crippen MR) is 112 cm³/mol. The highest BCUT2D eigenvalue weighted by Gasteiger charge is 2.29. The van der Waals surface area contributed by atoms with Crippen LogP contribution in [-0.4, -0.2) is 93.5 Å². The summed E-state index contributed by atoms with van der Waals surface area (Å²) >= 11 is 5.38. The van der Waals surface area contributed by atoms with E-state index in [1.54, 1.807) is 6.26 Å². The molecule has 0 fully saturated rings. The van der Waals surface area contributed by atoms with Crippen LogP contribution in [0.3, 0.4) is 0 Å². The van der Waals surface area contributed by atoms with Crippen molar-refractivity contribution in [2.45, 2.75) is 43.4 Å². The van der Waals surface area contributed by atoms with Gasteiger partial charge in [-0.1, -0.05) is 0 Å². The fourth-order valence-corrected chi connectivity index (χ4v) is 2.86. The molecule has 0 aromatic rings. The van der Waals surface area contributed by atoms with Crippen LogP contribution >= 0.6 is 24.4 Å². The highest BCUT2D eigenvalue weighted by atomic mass is 32.2. The van der Waals surface area contributed by atoms with Gasteiger partial charge in [-0.15, -0.1) is 0 Å². The van der Waals surface area contributed by atoms with E-state index in [9.17, 15) is 29.1 Å². The summed E-state index contributed by atoms with van der Waals surface area (Å²) in [6.07, 6.45) is 1.15. The number of nitrogens with one attached hydrogen (secondary N) is 3. The monoisotopic (exact) mass is 468 g/mol. The van der Waals surface area contributed by atoms with Gasteiger partial charge in [-0.05, 0) is 24.9 Å². The van der Waals surface area contributed by atoms with Crippen LogP contribution in [-0.2, 0) is 24.0 Å². The van der Waals surface area contributed by atoms with Crippen LogP contribution in [0.5, 0.6) is 0 Å². The summed E-state index contributed by atoms with van der Waals surface area (Å²) in [4.78, 5) is 58.7. The zero-order valence-electron chi connectivity index (χ0n) is 16.4. The first kappa shape index (κ1) is 28.0. The topological polar surface area (TPSA) is 208 Å². The van der Waals surface area contributed by atoms with Crippen molar-refractivity contribution in [3.05, 3.63) is 0 Å². The first-order chi connectivity index (χ1) is 14.1. The summed E-state index contributed by atoms with van der Waals surface area (Å²) in [6, 6.07) is -4.95. The van der Waals surface area contributed by atoms with Crippen molar-refractivity contribution >= 4 is 54.1 Å². The molecular weight excluding hydrogens is 440 g/mol. The molecule has 0 rings (SSSR count). The van der Waals surface area contributed by atoms with E-state index in [1.165, 1.54) is 11.8 Å². The molecule has 0 radical (unpaired) electrons. The normalized spacial score (nSPS) is 14.7. The van der Waals surface area contributed by atoms with Gasteiger partial charge in [0.1, 0.15) is 24.2 Å². The maximum Gasteiger partial charge on any atom is 0.326 e. The van der Waals surface area contributed by atoms with E-state index in [-0.39, 0.29) is 18.6 Å². The summed E-state index contributed by atoms with van der Waals surface area (Å²) in [5.74, 6) is -4.61. The summed E-state index contributed by atoms with van der Waals surface area (Å²) in [5, 5.41) is 33.8. The average Bonchev–Trinajstić information content (AvgIpc) is 2.70. The molecule has 14 heteroatoms. The van der Waals surface area contributed by atoms with Gasteiger partial charge in [-0.3, -0.25) is 19.2 Å². The van der Waals surface area contributed by atoms with Gasteiger partial charge in [0.05, 0.1) is 6.61 Å². The summed E-state index contributed by atoms with van der Waals surface area (Å²) in [7, 11) is 0. The van der Waals surface area contributed by atoms with E-state index in [0.29, 0.717) is 5.75 Å². The number of carbonyl (C=O) groups excluding carboxylic acids is 3. The highest BCUT2D eigenvalue weighted by molar-refractivity contribution is 7.98. The molecule has 30 heavy (non-hydrogen) atoms. The first-order valence-corrected chi connectivity index (χ1v) is 10.9. The Morgan fingerprint density at radius 3 is 1.93 bits per heavy atom. The Labute approximate surface area is 183 Å². The lowest BCUT2D eigenvalue weighted by molar-refractivity contribution is -0.143. The van der Waals surface area contributed by atoms with E-state index >= 15 is 0 Å². The van der Waals surface area contributed by atoms with Crippen molar-refractivity contribution in [2.75, 3.05) is 24.4 Å². The first-order valence-electron chi connectivity index (χ1n) is 8.89. The zero-order valence-corrected chi connectivity index (χ0v) is 18.1. The van der Waals surface area contributed by atoms with Gasteiger partial charge in [0, 0.05) is 12.2 Å². The van der Waals surface area contributed by atoms with Crippen molar-refractivity contribution in [1.29, 1.82) is 0 Å². The minimum absolute atomic E-state index is 0.122. The van der Waals surface area contributed by atoms with Crippen LogP contribution in [0.4, 0.5) is 0 Å². The number of hydrogen-bond donors (Lipinski definition) is 8. The van der Waals surface area contributed by atoms with Gasteiger partial charge in [-0.25, -0.2) is 4.79 Å². The number of thioether (sulfide) groups is 1. The molecule has 4 unspecified atom stereocenters. The van der Waals surface area contributed by atoms with E-state index in [0.717, 1.165) is 0 Å². The van der Waals surface area contributed by atoms with Crippen LogP contribution in [0.1, 0.15) is 19.3 Å². The van der Waals surface area contributed by atoms with Crippen LogP contribution in [0, 0.1) is 0 Å². The third kappa shape index (κ3) is 10.7. The van der Waals surface area contributed by atoms with Crippen molar-refractivity contribution in [3.8, 4) is 0 Å². The third-order valence-electron chi connectivity index (χ3n) is 3.85. The quantitative estimate of drug-likeness (QED) is 0.117. The molecule has 0 aromatic carbocycles. The number of rotatable bonds is 15. The molecule has 0 aliphatic carbocycles. The molecule has 0 saturated heterocycles. The van der Waals surface area contributed by atoms with E-state index in [2.05, 4.69) is 28.6 Å². The number of amides is 3. The molecule has 12 nitrogen and oxygen atoms in total. The summed E-state index contributed by atoms with van der Waals surface area (Å²) in [5.41, 5.74) is 5.38. The van der Waals surface area contributed by atoms with Gasteiger partial charge in [0.2, 0.25) is 17.7 Å². The predicted octanol–water partition coefficient (Wildman–Crippen LogP) is -2.61. The largest absolute Gasteiger partial charge is 0.481 e. The number of carbonyl (C=O) groups is 5. The minimum atomic E-state index is -1.44. The van der Waals surface area contributed by atoms with Crippen LogP contribution < -0.4 is 21.7 Å². The van der Waals surface area contributed by atoms with Gasteiger partial charge in [0.25, 0.3) is 0 Å². The number of aliphatic carboxylic acids is 2. The number of carboxylic acid groups (broad SMARTS) is 2. The average molecular weight is 469 g/mol. The van der Waals surface area contributed by atoms with E-state index < -0.39 is 66.9 Å². The Morgan fingerprint density at radius 1 is 0.933 bits per heavy atom. The second-order valence-corrected chi connectivity index (χ2v) is 7.56. The van der Waals surface area contributed by atoms with Crippen molar-refractivity contribution in [3.63, 3.8) is 0 Å². The lowest BCUT2D eigenvalue weighted by atomic mass is 10.1. The maximum atomic E-state index is 12.5. The minimum Gasteiger partial charge on any atom is -0.481 e. The molecule has 3 amide bonds. The Hall–Kier alpha value is -2.03. The molecule has 8 N–H and O–H groups in total. The highest BCUT2D eigenvalue weighted by Crippen LogP contribution is 2.05. The lowest BCUT2D eigenvalue weighted by Crippen LogP contribution is -2.58. The molecule has 4 atom stereocenters. The molecule has 0 aromatic heterocycles. The molecule has 0 heterocycles. The Kier molecular flexibility index (Phi) is 13.9. The fraction of sp³-hybridized carbons (Fsp3) is 0.688. The van der Waals surface area contributed by atoms with Crippen LogP contribution in [0.25, 0.3) is 0 Å². The van der Waals surface area contributed by atoms with Crippen LogP contribution in [0.2, 0.25) is 0 Å². The lowest BCUT2D eigenvalue weighted by Gasteiger charge is -2.24. The van der Waals surface area contributed by atoms with Gasteiger partial charge >= 0.3 is 11.9 Å². The SMILES string of the molecule is CSCCC(NC(=O)C(CS)NC(=O)C(N)CO)C(=O)NC(CCC(=O)O)C(=O)O. The number of nitrogens with two attached hydrogens (primary N) is 1. The standard InChI is InChI=1S/C16H28N4O8S2/c1-30-5-4-9(14(25)19-10(16(27)28)2-3-12(22)23)18-15(26)11(7-29)20-13(24)8(17)6-21/h8-11,21,29H,2-7,17H2,1H3,(H,18,26)(H,19,25)(H,20,24)(H,22,23)(H,27,28). The molecule has 0 spiro atoms. The second kappa shape index (κ2) is 14.9. The van der Waals surface area contributed by atoms with Crippen molar-refractivity contribution in [1.82, 2.24) is 16.0 Å². The Bertz CT molecular complexity index is 622. The molecule has 0 aliphatic heterocycles. The number of aliphatic hydroxyl groups is 1. The number of thiol groups is 1. The maximum absolute atomic E-state index is 12.5. The van der Waals surface area contributed by atoms with Gasteiger partial charge in [-0.2, -0.15) is 24.4 Å². The van der Waals surface area contributed by atoms with Gasteiger partial charge < -0.3 is 37.0 Å². The zero-order chi connectivity index (χ0) is 23.3. The van der Waals surface area contributed by atoms with E-state index in [4.69, 9.17) is 15.9 Å². The molecule has 172 valence electrons. The van der Waals surface area contributed by atoms with Gasteiger partial charge in [0.15, 0.2) is 0 Å². The number of aliphatic hydroxyl groups excluding tert-OH is 1. The fourth-order valence-electron chi connectivity index (χ4n) is 2.13. The van der Waals surface area contributed by atoms with Crippen LogP contribution in [0.15, 0.2) is 0 Å². The molecule has 0 bridgehead atoms. The second-order valence-electron chi connectivity index (χ2n) is 6.21.